The van der Waals surface area contributed by atoms with Gasteiger partial charge in [0.2, 0.25) is 5.91 Å². The van der Waals surface area contributed by atoms with Crippen LogP contribution in [0.15, 0.2) is 54.6 Å². The lowest BCUT2D eigenvalue weighted by atomic mass is 10.1. The van der Waals surface area contributed by atoms with E-state index in [1.807, 2.05) is 49.2 Å². The Kier molecular flexibility index (Phi) is 5.29. The average molecular weight is 293 g/mol. The standard InChI is InChI=1S/C18H19N3O/c1-14(21(2)13-15-8-4-3-5-9-15)18(22)20-17-11-7-6-10-16(17)12-19/h3-11,14H,13H2,1-2H3,(H,20,22). The molecule has 0 bridgehead atoms. The highest BCUT2D eigenvalue weighted by molar-refractivity contribution is 5.95. The topological polar surface area (TPSA) is 56.1 Å². The molecule has 0 heterocycles. The Morgan fingerprint density at radius 3 is 2.50 bits per heavy atom. The van der Waals surface area contributed by atoms with Crippen molar-refractivity contribution in [3.63, 3.8) is 0 Å². The molecule has 0 aliphatic heterocycles. The lowest BCUT2D eigenvalue weighted by Crippen LogP contribution is -2.39. The molecule has 1 N–H and O–H groups in total. The summed E-state index contributed by atoms with van der Waals surface area (Å²) < 4.78 is 0. The minimum atomic E-state index is -0.299. The summed E-state index contributed by atoms with van der Waals surface area (Å²) in [5.74, 6) is -0.124. The zero-order valence-electron chi connectivity index (χ0n) is 12.8. The zero-order chi connectivity index (χ0) is 15.9. The van der Waals surface area contributed by atoms with E-state index in [0.717, 1.165) is 5.56 Å². The third-order valence-electron chi connectivity index (χ3n) is 3.62. The van der Waals surface area contributed by atoms with Crippen LogP contribution >= 0.6 is 0 Å². The Bertz CT molecular complexity index is 676. The Morgan fingerprint density at radius 2 is 1.82 bits per heavy atom. The van der Waals surface area contributed by atoms with Crippen LogP contribution in [0.1, 0.15) is 18.1 Å². The van der Waals surface area contributed by atoms with E-state index >= 15 is 0 Å². The van der Waals surface area contributed by atoms with Gasteiger partial charge in [-0.25, -0.2) is 0 Å². The molecule has 0 aliphatic carbocycles. The third kappa shape index (κ3) is 3.94. The molecule has 0 saturated carbocycles. The number of nitrogens with one attached hydrogen (secondary N) is 1. The molecule has 22 heavy (non-hydrogen) atoms. The number of likely N-dealkylation sites (N-methyl/N-ethyl adjacent to an activating group) is 1. The van der Waals surface area contributed by atoms with Crippen molar-refractivity contribution in [3.05, 3.63) is 65.7 Å². The number of amides is 1. The Labute approximate surface area is 131 Å². The molecular formula is C18H19N3O. The summed E-state index contributed by atoms with van der Waals surface area (Å²) >= 11 is 0. The summed E-state index contributed by atoms with van der Waals surface area (Å²) in [5, 5.41) is 11.9. The molecule has 0 fully saturated rings. The van der Waals surface area contributed by atoms with Crippen molar-refractivity contribution in [2.45, 2.75) is 19.5 Å². The van der Waals surface area contributed by atoms with Gasteiger partial charge in [-0.05, 0) is 31.7 Å². The second-order valence-corrected chi connectivity index (χ2v) is 5.22. The van der Waals surface area contributed by atoms with Gasteiger partial charge in [0.15, 0.2) is 0 Å². The van der Waals surface area contributed by atoms with E-state index in [9.17, 15) is 4.79 Å². The fourth-order valence-corrected chi connectivity index (χ4v) is 2.14. The number of hydrogen-bond acceptors (Lipinski definition) is 3. The smallest absolute Gasteiger partial charge is 0.241 e. The van der Waals surface area contributed by atoms with Gasteiger partial charge in [0.1, 0.15) is 6.07 Å². The molecule has 0 spiro atoms. The summed E-state index contributed by atoms with van der Waals surface area (Å²) in [6, 6.07) is 18.8. The van der Waals surface area contributed by atoms with Gasteiger partial charge in [0.25, 0.3) is 0 Å². The fraction of sp³-hybridized carbons (Fsp3) is 0.222. The molecule has 4 nitrogen and oxygen atoms in total. The van der Waals surface area contributed by atoms with Crippen molar-refractivity contribution in [3.8, 4) is 6.07 Å². The number of carbonyl (C=O) groups is 1. The first-order valence-electron chi connectivity index (χ1n) is 7.16. The van der Waals surface area contributed by atoms with Crippen LogP contribution in [-0.4, -0.2) is 23.9 Å². The fourth-order valence-electron chi connectivity index (χ4n) is 2.14. The van der Waals surface area contributed by atoms with Crippen LogP contribution in [0.25, 0.3) is 0 Å². The summed E-state index contributed by atoms with van der Waals surface area (Å²) in [6.07, 6.45) is 0. The van der Waals surface area contributed by atoms with Gasteiger partial charge in [-0.15, -0.1) is 0 Å². The highest BCUT2D eigenvalue weighted by Gasteiger charge is 2.19. The van der Waals surface area contributed by atoms with Gasteiger partial charge >= 0.3 is 0 Å². The van der Waals surface area contributed by atoms with Crippen molar-refractivity contribution in [1.82, 2.24) is 4.90 Å². The van der Waals surface area contributed by atoms with Crippen LogP contribution in [-0.2, 0) is 11.3 Å². The van der Waals surface area contributed by atoms with Gasteiger partial charge in [-0.3, -0.25) is 9.69 Å². The summed E-state index contributed by atoms with van der Waals surface area (Å²) in [5.41, 5.74) is 2.17. The normalized spacial score (nSPS) is 11.7. The number of rotatable bonds is 5. The molecule has 112 valence electrons. The Hall–Kier alpha value is -2.64. The molecule has 0 saturated heterocycles. The SMILES string of the molecule is CC(C(=O)Nc1ccccc1C#N)N(C)Cc1ccccc1. The van der Waals surface area contributed by atoms with Crippen molar-refractivity contribution in [2.24, 2.45) is 0 Å². The number of hydrogen-bond donors (Lipinski definition) is 1. The number of nitrogens with zero attached hydrogens (tertiary/aromatic N) is 2. The van der Waals surface area contributed by atoms with Crippen LogP contribution in [0.3, 0.4) is 0 Å². The van der Waals surface area contributed by atoms with E-state index < -0.39 is 0 Å². The van der Waals surface area contributed by atoms with Crippen LogP contribution in [0, 0.1) is 11.3 Å². The maximum atomic E-state index is 12.4. The number of nitriles is 1. The lowest BCUT2D eigenvalue weighted by Gasteiger charge is -2.24. The summed E-state index contributed by atoms with van der Waals surface area (Å²) in [7, 11) is 1.91. The first-order chi connectivity index (χ1) is 10.6. The minimum Gasteiger partial charge on any atom is -0.324 e. The lowest BCUT2D eigenvalue weighted by molar-refractivity contribution is -0.120. The first kappa shape index (κ1) is 15.7. The van der Waals surface area contributed by atoms with Crippen molar-refractivity contribution in [2.75, 3.05) is 12.4 Å². The van der Waals surface area contributed by atoms with Crippen LogP contribution in [0.5, 0.6) is 0 Å². The van der Waals surface area contributed by atoms with Gasteiger partial charge < -0.3 is 5.32 Å². The highest BCUT2D eigenvalue weighted by Crippen LogP contribution is 2.15. The highest BCUT2D eigenvalue weighted by atomic mass is 16.2. The van der Waals surface area contributed by atoms with Crippen LogP contribution in [0.2, 0.25) is 0 Å². The van der Waals surface area contributed by atoms with E-state index in [2.05, 4.69) is 11.4 Å². The molecule has 1 atom stereocenters. The minimum absolute atomic E-state index is 0.124. The van der Waals surface area contributed by atoms with E-state index in [1.165, 1.54) is 0 Å². The molecule has 0 aromatic heterocycles. The number of anilines is 1. The van der Waals surface area contributed by atoms with E-state index in [0.29, 0.717) is 17.8 Å². The van der Waals surface area contributed by atoms with Gasteiger partial charge in [0.05, 0.1) is 17.3 Å². The zero-order valence-corrected chi connectivity index (χ0v) is 12.8. The van der Waals surface area contributed by atoms with E-state index in [-0.39, 0.29) is 11.9 Å². The Balaban J connectivity index is 2.01. The van der Waals surface area contributed by atoms with Crippen LogP contribution in [0.4, 0.5) is 5.69 Å². The number of benzene rings is 2. The predicted molar refractivity (Wildman–Crippen MR) is 87.2 cm³/mol. The largest absolute Gasteiger partial charge is 0.324 e. The van der Waals surface area contributed by atoms with Crippen molar-refractivity contribution >= 4 is 11.6 Å². The molecule has 2 aromatic rings. The third-order valence-corrected chi connectivity index (χ3v) is 3.62. The molecule has 1 amide bonds. The second-order valence-electron chi connectivity index (χ2n) is 5.22. The molecule has 2 aromatic carbocycles. The van der Waals surface area contributed by atoms with Gasteiger partial charge in [-0.2, -0.15) is 5.26 Å². The summed E-state index contributed by atoms with van der Waals surface area (Å²) in [4.78, 5) is 14.3. The average Bonchev–Trinajstić information content (AvgIpc) is 2.55. The quantitative estimate of drug-likeness (QED) is 0.922. The van der Waals surface area contributed by atoms with Crippen molar-refractivity contribution in [1.29, 1.82) is 5.26 Å². The first-order valence-corrected chi connectivity index (χ1v) is 7.16. The van der Waals surface area contributed by atoms with Crippen LogP contribution < -0.4 is 5.32 Å². The van der Waals surface area contributed by atoms with Gasteiger partial charge in [-0.1, -0.05) is 42.5 Å². The molecule has 4 heteroatoms. The van der Waals surface area contributed by atoms with E-state index in [1.54, 1.807) is 24.3 Å². The molecular weight excluding hydrogens is 274 g/mol. The van der Waals surface area contributed by atoms with E-state index in [4.69, 9.17) is 5.26 Å². The molecule has 0 radical (unpaired) electrons. The van der Waals surface area contributed by atoms with Gasteiger partial charge in [0, 0.05) is 6.54 Å². The predicted octanol–water partition coefficient (Wildman–Crippen LogP) is 3.02. The monoisotopic (exact) mass is 293 g/mol. The molecule has 1 unspecified atom stereocenters. The molecule has 2 rings (SSSR count). The second kappa shape index (κ2) is 7.39. The Morgan fingerprint density at radius 1 is 1.18 bits per heavy atom. The summed E-state index contributed by atoms with van der Waals surface area (Å²) in [6.45, 7) is 2.54. The molecule has 0 aliphatic rings. The maximum Gasteiger partial charge on any atom is 0.241 e. The number of para-hydroxylation sites is 1. The van der Waals surface area contributed by atoms with Crippen molar-refractivity contribution < 1.29 is 4.79 Å². The number of carbonyl (C=O) groups excluding carboxylic acids is 1. The maximum absolute atomic E-state index is 12.4.